The molecule has 0 saturated carbocycles. The highest BCUT2D eigenvalue weighted by Gasteiger charge is 2.53. The minimum Gasteiger partial charge on any atom is -0.382 e. The van der Waals surface area contributed by atoms with Crippen LogP contribution in [0.15, 0.2) is 30.1 Å². The van der Waals surface area contributed by atoms with Gasteiger partial charge in [-0.25, -0.2) is 33.7 Å². The summed E-state index contributed by atoms with van der Waals surface area (Å²) >= 11 is 5.10. The van der Waals surface area contributed by atoms with Gasteiger partial charge >= 0.3 is 17.0 Å². The first-order valence-corrected chi connectivity index (χ1v) is 16.7. The van der Waals surface area contributed by atoms with Crippen LogP contribution in [0.25, 0.3) is 22.3 Å². The molecule has 4 aromatic rings. The van der Waals surface area contributed by atoms with Crippen LogP contribution in [0.1, 0.15) is 12.5 Å². The van der Waals surface area contributed by atoms with Crippen molar-refractivity contribution >= 4 is 57.0 Å². The highest BCUT2D eigenvalue weighted by molar-refractivity contribution is 8.07. The van der Waals surface area contributed by atoms with E-state index in [4.69, 9.17) is 40.2 Å². The summed E-state index contributed by atoms with van der Waals surface area (Å²) in [6.07, 6.45) is -7.32. The first-order chi connectivity index (χ1) is 20.9. The molecule has 9 atom stereocenters. The number of aromatic nitrogens is 8. The Bertz CT molecular complexity index is 1960. The molecule has 3 fully saturated rings. The van der Waals surface area contributed by atoms with Crippen molar-refractivity contribution in [1.29, 1.82) is 0 Å². The van der Waals surface area contributed by atoms with Crippen molar-refractivity contribution in [1.82, 2.24) is 43.8 Å². The Morgan fingerprint density at radius 2 is 1.68 bits per heavy atom. The maximum absolute atomic E-state index is 15.9. The van der Waals surface area contributed by atoms with Gasteiger partial charge in [0.05, 0.1) is 38.2 Å². The van der Waals surface area contributed by atoms with Crippen LogP contribution in [0.2, 0.25) is 0 Å². The summed E-state index contributed by atoms with van der Waals surface area (Å²) in [5, 5.41) is 0. The molecule has 3 aliphatic rings. The average molecular weight is 679 g/mol. The van der Waals surface area contributed by atoms with Gasteiger partial charge in [0.1, 0.15) is 30.2 Å². The fourth-order valence-corrected chi connectivity index (χ4v) is 7.65. The summed E-state index contributed by atoms with van der Waals surface area (Å²) in [5.74, 6) is 0.0246. The van der Waals surface area contributed by atoms with Gasteiger partial charge in [-0.05, 0) is 11.8 Å². The number of nitrogens with one attached hydrogen (secondary N) is 2. The van der Waals surface area contributed by atoms with E-state index >= 15 is 8.78 Å². The van der Waals surface area contributed by atoms with Gasteiger partial charge in [0.25, 0.3) is 5.56 Å². The molecule has 19 nitrogen and oxygen atoms in total. The molecule has 0 amide bonds. The van der Waals surface area contributed by atoms with Crippen LogP contribution in [-0.2, 0) is 44.8 Å². The van der Waals surface area contributed by atoms with E-state index in [1.165, 1.54) is 10.9 Å². The van der Waals surface area contributed by atoms with Gasteiger partial charge in [-0.1, -0.05) is 0 Å². The van der Waals surface area contributed by atoms with Crippen LogP contribution >= 0.6 is 6.72 Å². The fourth-order valence-electron chi connectivity index (χ4n) is 5.22. The summed E-state index contributed by atoms with van der Waals surface area (Å²) in [6.45, 7) is -5.84. The van der Waals surface area contributed by atoms with Crippen molar-refractivity contribution in [3.05, 3.63) is 35.7 Å². The van der Waals surface area contributed by atoms with E-state index in [9.17, 15) is 18.1 Å². The van der Waals surface area contributed by atoms with Gasteiger partial charge < -0.3 is 29.6 Å². The van der Waals surface area contributed by atoms with Crippen molar-refractivity contribution in [2.75, 3.05) is 18.9 Å². The third-order valence-electron chi connectivity index (χ3n) is 7.22. The molecule has 1 unspecified atom stereocenters. The van der Waals surface area contributed by atoms with Gasteiger partial charge in [-0.3, -0.25) is 22.6 Å². The van der Waals surface area contributed by atoms with Crippen molar-refractivity contribution < 1.29 is 44.8 Å². The predicted molar refractivity (Wildman–Crippen MR) is 145 cm³/mol. The number of alkyl halides is 2. The largest absolute Gasteiger partial charge is 0.382 e. The normalized spacial score (nSPS) is 36.1. The topological polar surface area (TPSA) is 246 Å². The van der Waals surface area contributed by atoms with Gasteiger partial charge in [0, 0.05) is 0 Å². The van der Waals surface area contributed by atoms with E-state index < -0.39 is 84.9 Å². The molecule has 236 valence electrons. The SMILES string of the molecule is Nc1ncnc2c1ncn2[C@@H]1O[C@@H]2COP(O)(=S)O[C@H]3[C@@H](F)[C@H](n4cnc5c(=O)[nH]cnc54)O[C@@H]3COS(=O)(=O)N[C@H]2[C@H]1F. The van der Waals surface area contributed by atoms with E-state index in [2.05, 4.69) is 34.6 Å². The van der Waals surface area contributed by atoms with E-state index in [1.807, 2.05) is 0 Å². The average Bonchev–Trinajstić information content (AvgIpc) is 3.73. The maximum Gasteiger partial charge on any atom is 0.336 e. The van der Waals surface area contributed by atoms with Crippen molar-refractivity contribution in [2.24, 2.45) is 0 Å². The number of ether oxygens (including phenoxy) is 2. The van der Waals surface area contributed by atoms with Gasteiger partial charge in [-0.2, -0.15) is 13.1 Å². The maximum atomic E-state index is 15.9. The van der Waals surface area contributed by atoms with E-state index in [0.29, 0.717) is 0 Å². The Hall–Kier alpha value is -3.12. The van der Waals surface area contributed by atoms with E-state index in [0.717, 1.165) is 23.5 Å². The van der Waals surface area contributed by atoms with Gasteiger partial charge in [0.15, 0.2) is 47.4 Å². The minimum absolute atomic E-state index is 0.0246. The molecule has 0 aliphatic carbocycles. The fraction of sp³-hybridized carbons (Fsp3) is 0.500. The zero-order valence-electron chi connectivity index (χ0n) is 21.8. The molecule has 24 heteroatoms. The third-order valence-corrected chi connectivity index (χ3v) is 9.79. The lowest BCUT2D eigenvalue weighted by Gasteiger charge is -2.27. The van der Waals surface area contributed by atoms with Crippen LogP contribution in [0.5, 0.6) is 0 Å². The van der Waals surface area contributed by atoms with Crippen LogP contribution in [0.4, 0.5) is 14.6 Å². The second-order valence-electron chi connectivity index (χ2n) is 9.87. The summed E-state index contributed by atoms with van der Waals surface area (Å²) in [5.41, 5.74) is 5.33. The Balaban J connectivity index is 1.17. The minimum atomic E-state index is -4.75. The lowest BCUT2D eigenvalue weighted by molar-refractivity contribution is -0.0461. The molecule has 0 bridgehead atoms. The number of H-pyrrole nitrogens is 1. The highest BCUT2D eigenvalue weighted by atomic mass is 32.5. The summed E-state index contributed by atoms with van der Waals surface area (Å²) < 4.78 is 89.5. The van der Waals surface area contributed by atoms with Crippen LogP contribution in [-0.4, -0.2) is 102 Å². The third kappa shape index (κ3) is 5.07. The number of anilines is 1. The monoisotopic (exact) mass is 678 g/mol. The highest BCUT2D eigenvalue weighted by Crippen LogP contribution is 2.50. The molecule has 4 aromatic heterocycles. The van der Waals surface area contributed by atoms with E-state index in [1.54, 1.807) is 0 Å². The lowest BCUT2D eigenvalue weighted by Crippen LogP contribution is -2.48. The first kappa shape index (κ1) is 29.6. The molecule has 3 saturated heterocycles. The number of fused-ring (bicyclic) bond motifs is 4. The van der Waals surface area contributed by atoms with Crippen LogP contribution < -0.4 is 16.0 Å². The first-order valence-electron chi connectivity index (χ1n) is 12.7. The molecule has 5 N–H and O–H groups in total. The molecule has 3 aliphatic heterocycles. The quantitative estimate of drug-likeness (QED) is 0.183. The number of nitrogens with two attached hydrogens (primary N) is 1. The number of hydrogen-bond donors (Lipinski definition) is 4. The molecule has 44 heavy (non-hydrogen) atoms. The number of nitrogens with zero attached hydrogens (tertiary/aromatic N) is 7. The van der Waals surface area contributed by atoms with Gasteiger partial charge in [0.2, 0.25) is 0 Å². The number of hydrogen-bond acceptors (Lipinski definition) is 15. The second-order valence-corrected chi connectivity index (χ2v) is 14.0. The molecule has 7 heterocycles. The zero-order chi connectivity index (χ0) is 31.0. The number of imidazole rings is 2. The van der Waals surface area contributed by atoms with Crippen molar-refractivity contribution in [3.8, 4) is 0 Å². The molecule has 0 radical (unpaired) electrons. The van der Waals surface area contributed by atoms with Crippen LogP contribution in [0.3, 0.4) is 0 Å². The lowest BCUT2D eigenvalue weighted by atomic mass is 10.1. The summed E-state index contributed by atoms with van der Waals surface area (Å²) in [6, 6.07) is -1.63. The summed E-state index contributed by atoms with van der Waals surface area (Å²) in [7, 11) is -4.75. The van der Waals surface area contributed by atoms with Crippen molar-refractivity contribution in [3.63, 3.8) is 0 Å². The Morgan fingerprint density at radius 1 is 1.00 bits per heavy atom. The van der Waals surface area contributed by atoms with E-state index in [-0.39, 0.29) is 28.1 Å². The predicted octanol–water partition coefficient (Wildman–Crippen LogP) is -1.14. The number of halogens is 2. The molecule has 0 aromatic carbocycles. The summed E-state index contributed by atoms with van der Waals surface area (Å²) in [4.78, 5) is 45.1. The molecule has 0 spiro atoms. The smallest absolute Gasteiger partial charge is 0.336 e. The second kappa shape index (κ2) is 10.8. The Kier molecular flexibility index (Phi) is 7.23. The van der Waals surface area contributed by atoms with Crippen molar-refractivity contribution in [2.45, 2.75) is 49.2 Å². The number of rotatable bonds is 2. The molecule has 7 rings (SSSR count). The zero-order valence-corrected chi connectivity index (χ0v) is 24.3. The van der Waals surface area contributed by atoms with Gasteiger partial charge in [-0.15, -0.1) is 0 Å². The Labute approximate surface area is 249 Å². The molecular weight excluding hydrogens is 657 g/mol. The Morgan fingerprint density at radius 3 is 2.45 bits per heavy atom. The number of aromatic amines is 1. The van der Waals surface area contributed by atoms with Crippen LogP contribution in [0, 0.1) is 0 Å². The standard InChI is InChI=1S/C20H21F2N10O9PS2/c21-9-11-7(39-19(9)31-5-28-12-15(23)24-3-25-16(12)31)1-37-42(34,43)41-14-8(2-38-44(35,36)30-11)40-20(10(14)22)32-6-29-13-17(32)26-4-27-18(13)33/h3-11,14,19-20,30H,1-2H2,(H,34,43)(H2,23,24,25)(H,26,27,33)/t7-,8-,9-,10-,11-,14-,19-,20-,42?/m1/s1. The molecular formula is C20H21F2N10O9PS2. The number of nitrogen functional groups attached to an aromatic ring is 1.